The normalized spacial score (nSPS) is 18.8. The fraction of sp³-hybridized carbons (Fsp3) is 0.588. The number of hydrogen-bond acceptors (Lipinski definition) is 2. The van der Waals surface area contributed by atoms with Gasteiger partial charge in [-0.05, 0) is 50.3 Å². The highest BCUT2D eigenvalue weighted by atomic mass is 16.2. The maximum absolute atomic E-state index is 12.0. The van der Waals surface area contributed by atoms with Crippen molar-refractivity contribution in [3.05, 3.63) is 29.8 Å². The van der Waals surface area contributed by atoms with Crippen molar-refractivity contribution in [2.75, 3.05) is 5.32 Å². The molecule has 0 spiro atoms. The monoisotopic (exact) mass is 289 g/mol. The van der Waals surface area contributed by atoms with Crippen LogP contribution in [0.2, 0.25) is 0 Å². The molecule has 21 heavy (non-hydrogen) atoms. The van der Waals surface area contributed by atoms with E-state index in [0.29, 0.717) is 5.92 Å². The maximum atomic E-state index is 12.0. The van der Waals surface area contributed by atoms with E-state index in [1.807, 2.05) is 31.2 Å². The van der Waals surface area contributed by atoms with E-state index < -0.39 is 0 Å². The Morgan fingerprint density at radius 2 is 1.76 bits per heavy atom. The number of nitrogens with one attached hydrogen (secondary N) is 2. The van der Waals surface area contributed by atoms with Crippen LogP contribution in [0.5, 0.6) is 0 Å². The molecule has 1 aromatic carbocycles. The van der Waals surface area contributed by atoms with Crippen LogP contribution < -0.4 is 16.4 Å². The molecule has 1 aliphatic rings. The van der Waals surface area contributed by atoms with Gasteiger partial charge < -0.3 is 16.4 Å². The third kappa shape index (κ3) is 4.74. The topological polar surface area (TPSA) is 67.1 Å². The second-order valence-electron chi connectivity index (χ2n) is 6.20. The van der Waals surface area contributed by atoms with E-state index in [0.717, 1.165) is 11.3 Å². The molecule has 1 aromatic rings. The van der Waals surface area contributed by atoms with Crippen LogP contribution in [0.4, 0.5) is 10.5 Å². The first-order chi connectivity index (χ1) is 10.1. The van der Waals surface area contributed by atoms with E-state index in [-0.39, 0.29) is 18.1 Å². The maximum Gasteiger partial charge on any atom is 0.319 e. The van der Waals surface area contributed by atoms with E-state index in [4.69, 9.17) is 5.73 Å². The molecule has 0 bridgehead atoms. The zero-order valence-corrected chi connectivity index (χ0v) is 13.1. The summed E-state index contributed by atoms with van der Waals surface area (Å²) < 4.78 is 0. The van der Waals surface area contributed by atoms with Gasteiger partial charge in [0, 0.05) is 17.8 Å². The summed E-state index contributed by atoms with van der Waals surface area (Å²) in [5.41, 5.74) is 7.68. The summed E-state index contributed by atoms with van der Waals surface area (Å²) in [7, 11) is 0. The molecule has 0 aliphatic heterocycles. The molecule has 0 aromatic heterocycles. The summed E-state index contributed by atoms with van der Waals surface area (Å²) in [6.07, 6.45) is 6.37. The predicted octanol–water partition coefficient (Wildman–Crippen LogP) is 3.80. The van der Waals surface area contributed by atoms with Crippen molar-refractivity contribution in [2.24, 2.45) is 11.7 Å². The van der Waals surface area contributed by atoms with Gasteiger partial charge in [-0.25, -0.2) is 4.79 Å². The smallest absolute Gasteiger partial charge is 0.319 e. The molecule has 2 atom stereocenters. The van der Waals surface area contributed by atoms with Crippen LogP contribution in [0.25, 0.3) is 0 Å². The van der Waals surface area contributed by atoms with Crippen LogP contribution in [-0.2, 0) is 0 Å². The van der Waals surface area contributed by atoms with E-state index >= 15 is 0 Å². The predicted molar refractivity (Wildman–Crippen MR) is 87.2 cm³/mol. The van der Waals surface area contributed by atoms with Gasteiger partial charge in [0.25, 0.3) is 0 Å². The Balaban J connectivity index is 1.83. The van der Waals surface area contributed by atoms with Gasteiger partial charge in [-0.15, -0.1) is 0 Å². The van der Waals surface area contributed by atoms with Crippen LogP contribution in [0.15, 0.2) is 24.3 Å². The lowest BCUT2D eigenvalue weighted by atomic mass is 9.85. The number of urea groups is 1. The lowest BCUT2D eigenvalue weighted by Crippen LogP contribution is -2.41. The van der Waals surface area contributed by atoms with Gasteiger partial charge in [0.1, 0.15) is 0 Å². The third-order valence-electron chi connectivity index (χ3n) is 4.41. The molecule has 4 N–H and O–H groups in total. The summed E-state index contributed by atoms with van der Waals surface area (Å²) in [6, 6.07) is 7.80. The molecular weight excluding hydrogens is 262 g/mol. The lowest BCUT2D eigenvalue weighted by Gasteiger charge is -2.28. The number of benzene rings is 1. The SMILES string of the molecule is CC(N)c1ccc(NC(=O)NC(C)C2CCCCC2)cc1. The minimum absolute atomic E-state index is 0.0131. The Morgan fingerprint density at radius 1 is 1.14 bits per heavy atom. The molecule has 116 valence electrons. The molecule has 1 fully saturated rings. The molecule has 1 aliphatic carbocycles. The molecule has 2 unspecified atom stereocenters. The van der Waals surface area contributed by atoms with Crippen molar-refractivity contribution in [3.63, 3.8) is 0 Å². The number of carbonyl (C=O) groups excluding carboxylic acids is 1. The van der Waals surface area contributed by atoms with Crippen molar-refractivity contribution in [3.8, 4) is 0 Å². The Bertz CT molecular complexity index is 450. The largest absolute Gasteiger partial charge is 0.335 e. The van der Waals surface area contributed by atoms with Crippen molar-refractivity contribution >= 4 is 11.7 Å². The summed E-state index contributed by atoms with van der Waals surface area (Å²) >= 11 is 0. The first kappa shape index (κ1) is 15.8. The van der Waals surface area contributed by atoms with Gasteiger partial charge in [-0.1, -0.05) is 31.4 Å². The molecule has 2 rings (SSSR count). The van der Waals surface area contributed by atoms with Gasteiger partial charge in [0.15, 0.2) is 0 Å². The van der Waals surface area contributed by atoms with Crippen LogP contribution in [0, 0.1) is 5.92 Å². The Hall–Kier alpha value is -1.55. The molecule has 0 heterocycles. The van der Waals surface area contributed by atoms with Crippen molar-refractivity contribution in [2.45, 2.75) is 58.0 Å². The number of rotatable bonds is 4. The molecule has 0 saturated heterocycles. The van der Waals surface area contributed by atoms with Gasteiger partial charge in [0.2, 0.25) is 0 Å². The third-order valence-corrected chi connectivity index (χ3v) is 4.41. The van der Waals surface area contributed by atoms with E-state index in [1.165, 1.54) is 32.1 Å². The summed E-state index contributed by atoms with van der Waals surface area (Å²) in [4.78, 5) is 12.0. The summed E-state index contributed by atoms with van der Waals surface area (Å²) in [5, 5.41) is 5.95. The number of anilines is 1. The number of amides is 2. The number of hydrogen-bond donors (Lipinski definition) is 3. The van der Waals surface area contributed by atoms with Gasteiger partial charge in [0.05, 0.1) is 0 Å². The second kappa shape index (κ2) is 7.46. The Labute approximate surface area is 127 Å². The minimum Gasteiger partial charge on any atom is -0.335 e. The number of carbonyl (C=O) groups is 1. The van der Waals surface area contributed by atoms with Crippen molar-refractivity contribution in [1.29, 1.82) is 0 Å². The highest BCUT2D eigenvalue weighted by Gasteiger charge is 2.21. The fourth-order valence-corrected chi connectivity index (χ4v) is 3.00. The minimum atomic E-state index is -0.123. The van der Waals surface area contributed by atoms with Crippen LogP contribution in [0.1, 0.15) is 57.6 Å². The van der Waals surface area contributed by atoms with Gasteiger partial charge in [-0.3, -0.25) is 0 Å². The van der Waals surface area contributed by atoms with Crippen LogP contribution in [0.3, 0.4) is 0 Å². The standard InChI is InChI=1S/C17H27N3O/c1-12(18)14-8-10-16(11-9-14)20-17(21)19-13(2)15-6-4-3-5-7-15/h8-13,15H,3-7,18H2,1-2H3,(H2,19,20,21). The number of nitrogens with two attached hydrogens (primary N) is 1. The van der Waals surface area contributed by atoms with Gasteiger partial charge >= 0.3 is 6.03 Å². The Kier molecular flexibility index (Phi) is 5.62. The summed E-state index contributed by atoms with van der Waals surface area (Å²) in [6.45, 7) is 4.05. The zero-order chi connectivity index (χ0) is 15.2. The molecular formula is C17H27N3O. The van der Waals surface area contributed by atoms with E-state index in [9.17, 15) is 4.79 Å². The lowest BCUT2D eigenvalue weighted by molar-refractivity contribution is 0.235. The Morgan fingerprint density at radius 3 is 2.33 bits per heavy atom. The quantitative estimate of drug-likeness (QED) is 0.789. The second-order valence-corrected chi connectivity index (χ2v) is 6.20. The molecule has 0 radical (unpaired) electrons. The van der Waals surface area contributed by atoms with Crippen molar-refractivity contribution < 1.29 is 4.79 Å². The van der Waals surface area contributed by atoms with Gasteiger partial charge in [-0.2, -0.15) is 0 Å². The average Bonchev–Trinajstić information content (AvgIpc) is 2.48. The van der Waals surface area contributed by atoms with Crippen LogP contribution >= 0.6 is 0 Å². The summed E-state index contributed by atoms with van der Waals surface area (Å²) in [5.74, 6) is 0.616. The first-order valence-electron chi connectivity index (χ1n) is 7.99. The van der Waals surface area contributed by atoms with E-state index in [1.54, 1.807) is 0 Å². The highest BCUT2D eigenvalue weighted by Crippen LogP contribution is 2.26. The highest BCUT2D eigenvalue weighted by molar-refractivity contribution is 5.89. The van der Waals surface area contributed by atoms with E-state index in [2.05, 4.69) is 17.6 Å². The molecule has 2 amide bonds. The zero-order valence-electron chi connectivity index (χ0n) is 13.1. The average molecular weight is 289 g/mol. The molecule has 1 saturated carbocycles. The fourth-order valence-electron chi connectivity index (χ4n) is 3.00. The molecule has 4 heteroatoms. The first-order valence-corrected chi connectivity index (χ1v) is 7.99. The molecule has 4 nitrogen and oxygen atoms in total. The van der Waals surface area contributed by atoms with Crippen molar-refractivity contribution in [1.82, 2.24) is 5.32 Å². The van der Waals surface area contributed by atoms with Crippen LogP contribution in [-0.4, -0.2) is 12.1 Å².